The van der Waals surface area contributed by atoms with E-state index in [0.717, 1.165) is 41.1 Å². The van der Waals surface area contributed by atoms with E-state index in [1.54, 1.807) is 0 Å². The summed E-state index contributed by atoms with van der Waals surface area (Å²) < 4.78 is 8.12. The molecule has 34 heavy (non-hydrogen) atoms. The van der Waals surface area contributed by atoms with E-state index < -0.39 is 8.32 Å². The van der Waals surface area contributed by atoms with Crippen LogP contribution in [0.15, 0.2) is 83.3 Å². The molecule has 1 atom stereocenters. The summed E-state index contributed by atoms with van der Waals surface area (Å²) in [5, 5.41) is 0.886. The van der Waals surface area contributed by atoms with Crippen molar-refractivity contribution in [3.63, 3.8) is 0 Å². The Hall–Kier alpha value is -1.43. The van der Waals surface area contributed by atoms with Crippen molar-refractivity contribution in [3.05, 3.63) is 105 Å². The fourth-order valence-electron chi connectivity index (χ4n) is 3.70. The van der Waals surface area contributed by atoms with Crippen LogP contribution in [-0.4, -0.2) is 26.3 Å². The molecule has 0 N–H and O–H groups in total. The standard InChI is InChI=1S/C29H37BrClNOSi/c1-29(2,3)34(4,5)33-28(25-12-9-13-27(31)20-25)22-32(21-24-10-7-6-8-11-24)19-18-23-14-16-26(30)17-15-23/h6-17,20,28H,18-19,21-22H2,1-5H3/t28-/m0/s1. The predicted octanol–water partition coefficient (Wildman–Crippen LogP) is 8.91. The van der Waals surface area contributed by atoms with Crippen molar-refractivity contribution in [2.24, 2.45) is 0 Å². The number of nitrogens with zero attached hydrogens (tertiary/aromatic N) is 1. The SMILES string of the molecule is CC(C)(C)[Si](C)(C)O[C@@H](CN(CCc1ccc(Br)cc1)Cc1ccccc1)c1cccc(Cl)c1. The Morgan fingerprint density at radius 3 is 2.21 bits per heavy atom. The first kappa shape index (κ1) is 27.2. The van der Waals surface area contributed by atoms with E-state index in [0.29, 0.717) is 0 Å². The zero-order valence-corrected chi connectivity index (χ0v) is 24.4. The van der Waals surface area contributed by atoms with Gasteiger partial charge in [0.25, 0.3) is 0 Å². The van der Waals surface area contributed by atoms with Gasteiger partial charge in [0.15, 0.2) is 8.32 Å². The van der Waals surface area contributed by atoms with Gasteiger partial charge in [-0.3, -0.25) is 4.90 Å². The molecule has 0 aliphatic carbocycles. The van der Waals surface area contributed by atoms with Crippen LogP contribution in [0.2, 0.25) is 23.2 Å². The van der Waals surface area contributed by atoms with Crippen LogP contribution in [0.5, 0.6) is 0 Å². The van der Waals surface area contributed by atoms with Crippen LogP contribution < -0.4 is 0 Å². The van der Waals surface area contributed by atoms with Gasteiger partial charge in [-0.1, -0.05) is 103 Å². The fraction of sp³-hybridized carbons (Fsp3) is 0.379. The summed E-state index contributed by atoms with van der Waals surface area (Å²) in [5.41, 5.74) is 3.81. The van der Waals surface area contributed by atoms with E-state index in [9.17, 15) is 0 Å². The molecule has 0 amide bonds. The van der Waals surface area contributed by atoms with Gasteiger partial charge in [-0.25, -0.2) is 0 Å². The van der Waals surface area contributed by atoms with E-state index in [-0.39, 0.29) is 11.1 Å². The second-order valence-corrected chi connectivity index (χ2v) is 16.6. The normalized spacial score (nSPS) is 13.3. The summed E-state index contributed by atoms with van der Waals surface area (Å²) in [7, 11) is -2.00. The predicted molar refractivity (Wildman–Crippen MR) is 152 cm³/mol. The molecular weight excluding hydrogens is 522 g/mol. The Bertz CT molecular complexity index is 1030. The molecular formula is C29H37BrClNOSi. The summed E-state index contributed by atoms with van der Waals surface area (Å²) in [6.45, 7) is 14.2. The molecule has 3 aromatic carbocycles. The average Bonchev–Trinajstić information content (AvgIpc) is 2.78. The zero-order valence-electron chi connectivity index (χ0n) is 21.0. The van der Waals surface area contributed by atoms with Crippen molar-refractivity contribution < 1.29 is 4.43 Å². The molecule has 0 fully saturated rings. The lowest BCUT2D eigenvalue weighted by molar-refractivity contribution is 0.116. The molecule has 2 nitrogen and oxygen atoms in total. The molecule has 0 saturated heterocycles. The van der Waals surface area contributed by atoms with Gasteiger partial charge in [0, 0.05) is 29.1 Å². The third kappa shape index (κ3) is 8.06. The number of hydrogen-bond acceptors (Lipinski definition) is 2. The lowest BCUT2D eigenvalue weighted by Gasteiger charge is -2.41. The summed E-state index contributed by atoms with van der Waals surface area (Å²) in [4.78, 5) is 2.52. The largest absolute Gasteiger partial charge is 0.409 e. The first-order valence-corrected chi connectivity index (χ1v) is 16.1. The molecule has 3 rings (SSSR count). The minimum atomic E-state index is -2.00. The van der Waals surface area contributed by atoms with Crippen molar-refractivity contribution in [1.82, 2.24) is 4.90 Å². The van der Waals surface area contributed by atoms with Crippen molar-refractivity contribution >= 4 is 35.8 Å². The van der Waals surface area contributed by atoms with Gasteiger partial charge in [-0.15, -0.1) is 0 Å². The average molecular weight is 559 g/mol. The number of benzene rings is 3. The van der Waals surface area contributed by atoms with Crippen molar-refractivity contribution in [1.29, 1.82) is 0 Å². The van der Waals surface area contributed by atoms with Gasteiger partial charge in [0.1, 0.15) is 0 Å². The Balaban J connectivity index is 1.87. The second-order valence-electron chi connectivity index (χ2n) is 10.5. The highest BCUT2D eigenvalue weighted by Gasteiger charge is 2.39. The van der Waals surface area contributed by atoms with Crippen LogP contribution >= 0.6 is 27.5 Å². The van der Waals surface area contributed by atoms with Gasteiger partial charge in [0.05, 0.1) is 6.10 Å². The summed E-state index contributed by atoms with van der Waals surface area (Å²) in [5.74, 6) is 0. The van der Waals surface area contributed by atoms with Crippen LogP contribution in [-0.2, 0) is 17.4 Å². The number of halogens is 2. The number of hydrogen-bond donors (Lipinski definition) is 0. The molecule has 0 unspecified atom stereocenters. The molecule has 0 aliphatic heterocycles. The van der Waals surface area contributed by atoms with Gasteiger partial charge < -0.3 is 4.43 Å². The molecule has 0 spiro atoms. The van der Waals surface area contributed by atoms with Gasteiger partial charge in [-0.05, 0) is 65.5 Å². The Labute approximate surface area is 220 Å². The van der Waals surface area contributed by atoms with Gasteiger partial charge >= 0.3 is 0 Å². The van der Waals surface area contributed by atoms with E-state index in [4.69, 9.17) is 16.0 Å². The molecule has 3 aromatic rings. The lowest BCUT2D eigenvalue weighted by Crippen LogP contribution is -2.44. The first-order chi connectivity index (χ1) is 16.0. The minimum Gasteiger partial charge on any atom is -0.409 e. The fourth-order valence-corrected chi connectivity index (χ4v) is 5.44. The maximum Gasteiger partial charge on any atom is 0.192 e. The highest BCUT2D eigenvalue weighted by molar-refractivity contribution is 9.10. The van der Waals surface area contributed by atoms with Crippen LogP contribution in [0.4, 0.5) is 0 Å². The quantitative estimate of drug-likeness (QED) is 0.230. The van der Waals surface area contributed by atoms with Crippen molar-refractivity contribution in [2.45, 2.75) is 58.0 Å². The molecule has 182 valence electrons. The highest BCUT2D eigenvalue weighted by atomic mass is 79.9. The third-order valence-electron chi connectivity index (χ3n) is 6.77. The topological polar surface area (TPSA) is 12.5 Å². The van der Waals surface area contributed by atoms with E-state index in [2.05, 4.69) is 121 Å². The van der Waals surface area contributed by atoms with Crippen LogP contribution in [0.25, 0.3) is 0 Å². The van der Waals surface area contributed by atoms with Crippen molar-refractivity contribution in [3.8, 4) is 0 Å². The third-order valence-corrected chi connectivity index (χ3v) is 12.0. The molecule has 0 radical (unpaired) electrons. The molecule has 0 bridgehead atoms. The lowest BCUT2D eigenvalue weighted by atomic mass is 10.1. The van der Waals surface area contributed by atoms with Crippen LogP contribution in [0, 0.1) is 0 Å². The molecule has 0 heterocycles. The number of rotatable bonds is 10. The first-order valence-electron chi connectivity index (χ1n) is 12.0. The van der Waals surface area contributed by atoms with Crippen LogP contribution in [0.1, 0.15) is 43.6 Å². The van der Waals surface area contributed by atoms with Crippen molar-refractivity contribution in [2.75, 3.05) is 13.1 Å². The molecule has 0 aliphatic rings. The molecule has 5 heteroatoms. The van der Waals surface area contributed by atoms with Crippen LogP contribution in [0.3, 0.4) is 0 Å². The summed E-state index contributed by atoms with van der Waals surface area (Å²) >= 11 is 9.95. The Kier molecular flexibility index (Phi) is 9.59. The minimum absolute atomic E-state index is 0.0341. The van der Waals surface area contributed by atoms with Gasteiger partial charge in [-0.2, -0.15) is 0 Å². The van der Waals surface area contributed by atoms with E-state index in [1.807, 2.05) is 12.1 Å². The van der Waals surface area contributed by atoms with E-state index in [1.165, 1.54) is 11.1 Å². The highest BCUT2D eigenvalue weighted by Crippen LogP contribution is 2.40. The molecule has 0 saturated carbocycles. The smallest absolute Gasteiger partial charge is 0.192 e. The summed E-state index contributed by atoms with van der Waals surface area (Å²) in [6, 6.07) is 27.5. The maximum atomic E-state index is 7.01. The monoisotopic (exact) mass is 557 g/mol. The molecule has 0 aromatic heterocycles. The Morgan fingerprint density at radius 2 is 1.59 bits per heavy atom. The summed E-state index contributed by atoms with van der Waals surface area (Å²) in [6.07, 6.45) is 0.955. The van der Waals surface area contributed by atoms with E-state index >= 15 is 0 Å². The maximum absolute atomic E-state index is 7.01. The zero-order chi connectivity index (χ0) is 24.8. The second kappa shape index (κ2) is 12.0. The van der Waals surface area contributed by atoms with Gasteiger partial charge in [0.2, 0.25) is 0 Å². The Morgan fingerprint density at radius 1 is 0.912 bits per heavy atom.